The lowest BCUT2D eigenvalue weighted by Gasteiger charge is -2.31. The van der Waals surface area contributed by atoms with E-state index in [1.807, 2.05) is 0 Å². The van der Waals surface area contributed by atoms with Gasteiger partial charge in [0.05, 0.1) is 52.9 Å². The molecule has 5 heteroatoms. The number of ether oxygens (including phenoxy) is 4. The van der Waals surface area contributed by atoms with Crippen molar-refractivity contribution in [1.29, 1.82) is 0 Å². The van der Waals surface area contributed by atoms with Crippen LogP contribution in [0.25, 0.3) is 33.9 Å². The Hall–Kier alpha value is -3.06. The van der Waals surface area contributed by atoms with Crippen LogP contribution in [0.15, 0.2) is 72.8 Å². The van der Waals surface area contributed by atoms with Gasteiger partial charge in [0.25, 0.3) is 0 Å². The fourth-order valence-corrected chi connectivity index (χ4v) is 5.54. The van der Waals surface area contributed by atoms with Crippen molar-refractivity contribution in [1.82, 2.24) is 0 Å². The lowest BCUT2D eigenvalue weighted by atomic mass is 10.0. The maximum atomic E-state index is 6.03. The van der Waals surface area contributed by atoms with Gasteiger partial charge in [0.2, 0.25) is 0 Å². The zero-order valence-electron chi connectivity index (χ0n) is 21.2. The normalized spacial score (nSPS) is 19.0. The minimum atomic E-state index is 0.580. The summed E-state index contributed by atoms with van der Waals surface area (Å²) in [5.41, 5.74) is 0. The largest absolute Gasteiger partial charge is 0.377 e. The topological polar surface area (TPSA) is 36.9 Å². The second kappa shape index (κ2) is 11.1. The molecule has 0 bridgehead atoms. The lowest BCUT2D eigenvalue weighted by Crippen LogP contribution is -2.44. The fourth-order valence-electron chi connectivity index (χ4n) is 5.54. The van der Waals surface area contributed by atoms with Crippen molar-refractivity contribution in [2.45, 2.75) is 0 Å². The summed E-state index contributed by atoms with van der Waals surface area (Å²) in [7, 11) is 0. The molecular weight excluding hydrogens is 462 g/mol. The molecule has 0 aliphatic carbocycles. The van der Waals surface area contributed by atoms with Crippen molar-refractivity contribution in [3.63, 3.8) is 0 Å². The zero-order chi connectivity index (χ0) is 24.9. The smallest absolute Gasteiger partial charge is 0.111 e. The van der Waals surface area contributed by atoms with Gasteiger partial charge < -0.3 is 18.9 Å². The summed E-state index contributed by atoms with van der Waals surface area (Å²) < 4.78 is 24.0. The predicted molar refractivity (Wildman–Crippen MR) is 147 cm³/mol. The first-order valence-corrected chi connectivity index (χ1v) is 13.3. The highest BCUT2D eigenvalue weighted by Crippen LogP contribution is 2.21. The average molecular weight is 497 g/mol. The van der Waals surface area contributed by atoms with E-state index in [2.05, 4.69) is 85.2 Å². The monoisotopic (exact) mass is 496 g/mol. The molecule has 0 aromatic heterocycles. The molecule has 0 atom stereocenters. The molecule has 0 radical (unpaired) electrons. The zero-order valence-corrected chi connectivity index (χ0v) is 21.2. The van der Waals surface area contributed by atoms with E-state index in [0.29, 0.717) is 57.3 Å². The molecule has 2 aliphatic heterocycles. The molecule has 0 N–H and O–H groups in total. The number of quaternary nitrogens is 1. The van der Waals surface area contributed by atoms with Gasteiger partial charge in [0, 0.05) is 20.9 Å². The first-order valence-electron chi connectivity index (χ1n) is 13.3. The van der Waals surface area contributed by atoms with Crippen LogP contribution in [0, 0.1) is 10.4 Å². The number of fused-ring (bicyclic) bond motifs is 6. The summed E-state index contributed by atoms with van der Waals surface area (Å²) >= 11 is 0. The van der Waals surface area contributed by atoms with E-state index in [1.54, 1.807) is 0 Å². The minimum Gasteiger partial charge on any atom is -0.377 e. The van der Waals surface area contributed by atoms with Crippen LogP contribution in [0.4, 0.5) is 0 Å². The lowest BCUT2D eigenvalue weighted by molar-refractivity contribution is -0.773. The van der Waals surface area contributed by atoms with E-state index >= 15 is 0 Å². The van der Waals surface area contributed by atoms with E-state index in [9.17, 15) is 0 Å². The molecule has 2 aliphatic rings. The Balaban J connectivity index is 1.58. The molecule has 1 spiro atoms. The Kier molecular flexibility index (Phi) is 7.31. The average Bonchev–Trinajstić information content (AvgIpc) is 3.08. The molecule has 2 heterocycles. The summed E-state index contributed by atoms with van der Waals surface area (Å²) in [6, 6.07) is 26.5. The fraction of sp³-hybridized carbons (Fsp3) is 0.312. The Morgan fingerprint density at radius 3 is 1.30 bits per heavy atom. The SMILES string of the molecule is C1=c2ccc3ccccc3c2=c2c(ccc3ccccc23)=C[N+]12CCOCCOCCOCCOCC2. The van der Waals surface area contributed by atoms with Crippen molar-refractivity contribution in [2.24, 2.45) is 0 Å². The van der Waals surface area contributed by atoms with Crippen LogP contribution in [-0.2, 0) is 18.9 Å². The number of hydrogen-bond donors (Lipinski definition) is 0. The molecule has 0 saturated carbocycles. The number of benzene rings is 4. The van der Waals surface area contributed by atoms with E-state index in [-0.39, 0.29) is 0 Å². The Morgan fingerprint density at radius 1 is 0.432 bits per heavy atom. The summed E-state index contributed by atoms with van der Waals surface area (Å²) in [6.45, 7) is 6.40. The highest BCUT2D eigenvalue weighted by molar-refractivity contribution is 5.87. The summed E-state index contributed by atoms with van der Waals surface area (Å²) in [5, 5.41) is 10.2. The first kappa shape index (κ1) is 24.3. The van der Waals surface area contributed by atoms with Crippen molar-refractivity contribution < 1.29 is 23.4 Å². The second-order valence-electron chi connectivity index (χ2n) is 9.76. The molecule has 5 nitrogen and oxygen atoms in total. The third-order valence-corrected chi connectivity index (χ3v) is 7.38. The molecular formula is C32H34NO4+. The van der Waals surface area contributed by atoms with Crippen molar-refractivity contribution in [3.05, 3.63) is 93.7 Å². The van der Waals surface area contributed by atoms with E-state index in [0.717, 1.165) is 13.1 Å². The van der Waals surface area contributed by atoms with Gasteiger partial charge in [0.15, 0.2) is 0 Å². The van der Waals surface area contributed by atoms with Gasteiger partial charge in [-0.2, -0.15) is 0 Å². The second-order valence-corrected chi connectivity index (χ2v) is 9.76. The maximum Gasteiger partial charge on any atom is 0.111 e. The van der Waals surface area contributed by atoms with Crippen LogP contribution in [0.2, 0.25) is 0 Å². The summed E-state index contributed by atoms with van der Waals surface area (Å²) in [6.07, 6.45) is 4.82. The molecule has 4 aromatic rings. The van der Waals surface area contributed by atoms with Gasteiger partial charge in [-0.3, -0.25) is 4.48 Å². The standard InChI is InChI=1S/C32H34NO4/c1-3-7-29-25(5-1)9-11-27-23-33(13-15-34-17-19-36-21-22-37-20-18-35-16-14-33)24-28-12-10-26-6-2-4-8-30(26)32(28)31(27)29/h1-12,23-24H,13-22H2/q+1. The van der Waals surface area contributed by atoms with Crippen molar-refractivity contribution >= 4 is 33.9 Å². The Bertz CT molecular complexity index is 1490. The van der Waals surface area contributed by atoms with Gasteiger partial charge in [-0.1, -0.05) is 60.7 Å². The molecule has 4 aromatic carbocycles. The van der Waals surface area contributed by atoms with Crippen LogP contribution >= 0.6 is 0 Å². The van der Waals surface area contributed by atoms with E-state index in [1.165, 1.54) is 42.4 Å². The van der Waals surface area contributed by atoms with Crippen LogP contribution in [0.1, 0.15) is 0 Å². The molecule has 6 rings (SSSR count). The third kappa shape index (κ3) is 5.19. The van der Waals surface area contributed by atoms with Crippen molar-refractivity contribution in [3.8, 4) is 0 Å². The third-order valence-electron chi connectivity index (χ3n) is 7.38. The van der Waals surface area contributed by atoms with Gasteiger partial charge in [-0.25, -0.2) is 0 Å². The highest BCUT2D eigenvalue weighted by atomic mass is 16.6. The Morgan fingerprint density at radius 2 is 0.838 bits per heavy atom. The van der Waals surface area contributed by atoms with Gasteiger partial charge in [-0.05, 0) is 33.7 Å². The van der Waals surface area contributed by atoms with Gasteiger partial charge in [0.1, 0.15) is 25.5 Å². The minimum absolute atomic E-state index is 0.580. The van der Waals surface area contributed by atoms with Gasteiger partial charge in [-0.15, -0.1) is 0 Å². The number of rotatable bonds is 0. The van der Waals surface area contributed by atoms with E-state index < -0.39 is 0 Å². The van der Waals surface area contributed by atoms with Crippen LogP contribution in [-0.4, -0.2) is 70.4 Å². The number of hydrogen-bond acceptors (Lipinski definition) is 4. The summed E-state index contributed by atoms with van der Waals surface area (Å²) in [5.74, 6) is 0. The molecule has 190 valence electrons. The Labute approximate surface area is 217 Å². The number of nitrogens with zero attached hydrogens (tertiary/aromatic N) is 1. The quantitative estimate of drug-likeness (QED) is 0.348. The first-order chi connectivity index (χ1) is 18.3. The molecule has 1 saturated heterocycles. The van der Waals surface area contributed by atoms with Gasteiger partial charge >= 0.3 is 0 Å². The molecule has 37 heavy (non-hydrogen) atoms. The van der Waals surface area contributed by atoms with E-state index in [4.69, 9.17) is 18.9 Å². The summed E-state index contributed by atoms with van der Waals surface area (Å²) in [4.78, 5) is 0. The van der Waals surface area contributed by atoms with Crippen LogP contribution in [0.3, 0.4) is 0 Å². The molecule has 0 unspecified atom stereocenters. The van der Waals surface area contributed by atoms with Crippen LogP contribution < -0.4 is 10.4 Å². The van der Waals surface area contributed by atoms with Crippen LogP contribution in [0.5, 0.6) is 0 Å². The molecule has 1 fully saturated rings. The molecule has 0 amide bonds. The maximum absolute atomic E-state index is 6.03. The van der Waals surface area contributed by atoms with Crippen molar-refractivity contribution in [2.75, 3.05) is 65.9 Å². The predicted octanol–water partition coefficient (Wildman–Crippen LogP) is 3.67. The highest BCUT2D eigenvalue weighted by Gasteiger charge is 2.25.